The molecule has 2 saturated heterocycles. The monoisotopic (exact) mass is 894 g/mol. The second kappa shape index (κ2) is 23.9. The van der Waals surface area contributed by atoms with Crippen LogP contribution in [-0.4, -0.2) is 87.6 Å². The summed E-state index contributed by atoms with van der Waals surface area (Å²) < 4.78 is 64.8. The Morgan fingerprint density at radius 1 is 0.394 bits per heavy atom. The third kappa shape index (κ3) is 12.6. The molecule has 2 fully saturated rings. The molecule has 0 aromatic heterocycles. The molecule has 0 bridgehead atoms. The minimum atomic E-state index is -1.14. The summed E-state index contributed by atoms with van der Waals surface area (Å²) in [6.07, 6.45) is -8.12. The molecular weight excluding hydrogens is 841 g/mol. The van der Waals surface area contributed by atoms with Gasteiger partial charge in [0.15, 0.2) is 18.7 Å². The third-order valence-corrected chi connectivity index (χ3v) is 11.3. The second-order valence-electron chi connectivity index (χ2n) is 15.9. The van der Waals surface area contributed by atoms with Gasteiger partial charge in [0.05, 0.1) is 44.2 Å². The lowest BCUT2D eigenvalue weighted by Crippen LogP contribution is -2.61. The molecule has 0 radical (unpaired) electrons. The first-order valence-corrected chi connectivity index (χ1v) is 22.1. The molecule has 2 aliphatic rings. The molecule has 66 heavy (non-hydrogen) atoms. The highest BCUT2D eigenvalue weighted by Crippen LogP contribution is 2.34. The van der Waals surface area contributed by atoms with Crippen LogP contribution in [-0.2, 0) is 73.8 Å². The number of esters is 2. The minimum Gasteiger partial charge on any atom is -0.459 e. The lowest BCUT2D eigenvalue weighted by atomic mass is 9.97. The van der Waals surface area contributed by atoms with Gasteiger partial charge in [0.1, 0.15) is 43.2 Å². The van der Waals surface area contributed by atoms with Gasteiger partial charge in [-0.3, -0.25) is 0 Å². The third-order valence-electron chi connectivity index (χ3n) is 11.3. The van der Waals surface area contributed by atoms with Crippen LogP contribution in [0.2, 0.25) is 0 Å². The van der Waals surface area contributed by atoms with Crippen LogP contribution in [0.3, 0.4) is 0 Å². The first-order valence-electron chi connectivity index (χ1n) is 22.1. The Morgan fingerprint density at radius 2 is 0.758 bits per heavy atom. The SMILES string of the molecule is CO[C@H]1O[C@H](CO[C@H]2O[C@H](COC(=O)c3ccccc3)[C@@H](OC(=O)c3ccccc3)[C@@H]2OCc2ccccc2)[C@@H](OCc2ccccc2)[C@H](OCc2ccccc2)[C@H]1OCc1ccccc1. The summed E-state index contributed by atoms with van der Waals surface area (Å²) in [6, 6.07) is 56.4. The summed E-state index contributed by atoms with van der Waals surface area (Å²) in [5.41, 5.74) is 4.43. The molecule has 6 aromatic rings. The maximum Gasteiger partial charge on any atom is 0.338 e. The van der Waals surface area contributed by atoms with Gasteiger partial charge in [0.25, 0.3) is 0 Å². The molecule has 2 aliphatic heterocycles. The van der Waals surface area contributed by atoms with Gasteiger partial charge >= 0.3 is 11.9 Å². The first-order chi connectivity index (χ1) is 32.5. The molecule has 0 N–H and O–H groups in total. The van der Waals surface area contributed by atoms with Crippen molar-refractivity contribution in [2.45, 2.75) is 81.7 Å². The zero-order valence-corrected chi connectivity index (χ0v) is 36.7. The van der Waals surface area contributed by atoms with E-state index in [4.69, 9.17) is 47.4 Å². The highest BCUT2D eigenvalue weighted by Gasteiger charge is 2.52. The van der Waals surface area contributed by atoms with Gasteiger partial charge in [-0.15, -0.1) is 0 Å². The Labute approximate surface area is 385 Å². The van der Waals surface area contributed by atoms with Crippen LogP contribution in [0.4, 0.5) is 0 Å². The van der Waals surface area contributed by atoms with E-state index in [1.807, 2.05) is 133 Å². The van der Waals surface area contributed by atoms with Gasteiger partial charge in [0, 0.05) is 7.11 Å². The Kier molecular flexibility index (Phi) is 16.8. The van der Waals surface area contributed by atoms with Crippen molar-refractivity contribution in [2.75, 3.05) is 20.3 Å². The number of carbonyl (C=O) groups is 2. The van der Waals surface area contributed by atoms with Gasteiger partial charge in [-0.1, -0.05) is 158 Å². The van der Waals surface area contributed by atoms with Crippen LogP contribution in [0.5, 0.6) is 0 Å². The van der Waals surface area contributed by atoms with E-state index in [0.717, 1.165) is 22.3 Å². The predicted octanol–water partition coefficient (Wildman–Crippen LogP) is 8.52. The summed E-state index contributed by atoms with van der Waals surface area (Å²) in [7, 11) is 1.56. The highest BCUT2D eigenvalue weighted by molar-refractivity contribution is 5.90. The van der Waals surface area contributed by atoms with E-state index in [1.165, 1.54) is 0 Å². The van der Waals surface area contributed by atoms with Crippen LogP contribution in [0.1, 0.15) is 43.0 Å². The number of benzene rings is 6. The zero-order chi connectivity index (χ0) is 45.3. The molecular formula is C54H54O12. The highest BCUT2D eigenvalue weighted by atomic mass is 16.8. The number of hydrogen-bond donors (Lipinski definition) is 0. The topological polar surface area (TPSA) is 126 Å². The molecule has 8 rings (SSSR count). The molecule has 0 unspecified atom stereocenters. The fourth-order valence-corrected chi connectivity index (χ4v) is 7.89. The molecule has 0 amide bonds. The van der Waals surface area contributed by atoms with E-state index in [9.17, 15) is 9.59 Å². The molecule has 9 atom stereocenters. The number of rotatable bonds is 21. The Hall–Kier alpha value is -6.06. The van der Waals surface area contributed by atoms with Gasteiger partial charge in [-0.2, -0.15) is 0 Å². The van der Waals surface area contributed by atoms with Crippen LogP contribution in [0.25, 0.3) is 0 Å². The van der Waals surface area contributed by atoms with Crippen molar-refractivity contribution in [2.24, 2.45) is 0 Å². The fourth-order valence-electron chi connectivity index (χ4n) is 7.89. The molecule has 0 aliphatic carbocycles. The summed E-state index contributed by atoms with van der Waals surface area (Å²) in [5.74, 6) is -1.17. The fraction of sp³-hybridized carbons (Fsp3) is 0.296. The van der Waals surface area contributed by atoms with E-state index in [-0.39, 0.29) is 39.6 Å². The molecule has 12 heteroatoms. The molecule has 6 aromatic carbocycles. The molecule has 342 valence electrons. The van der Waals surface area contributed by atoms with Crippen molar-refractivity contribution < 1.29 is 57.0 Å². The van der Waals surface area contributed by atoms with Crippen molar-refractivity contribution in [3.05, 3.63) is 215 Å². The van der Waals surface area contributed by atoms with E-state index >= 15 is 0 Å². The van der Waals surface area contributed by atoms with Crippen molar-refractivity contribution in [3.8, 4) is 0 Å². The molecule has 12 nitrogen and oxygen atoms in total. The van der Waals surface area contributed by atoms with Crippen molar-refractivity contribution >= 4 is 11.9 Å². The molecule has 0 saturated carbocycles. The van der Waals surface area contributed by atoms with E-state index < -0.39 is 67.2 Å². The smallest absolute Gasteiger partial charge is 0.338 e. The Bertz CT molecular complexity index is 2340. The maximum atomic E-state index is 13.8. The van der Waals surface area contributed by atoms with Crippen LogP contribution in [0.15, 0.2) is 182 Å². The summed E-state index contributed by atoms with van der Waals surface area (Å²) >= 11 is 0. The standard InChI is InChI=1S/C54H54O12/c1-57-53-50(61-35-41-26-14-5-15-27-41)48(59-33-39-22-10-3-11-23-39)46(58-32-38-20-8-2-9-21-38)44(64-53)37-63-54-49(60-34-40-24-12-4-13-25-40)47(66-52(56)43-30-18-7-19-31-43)45(65-54)36-62-51(55)42-28-16-6-17-29-42/h2-31,44-50,53-54H,32-37H2,1H3/t44-,45-,46-,47-,48+,49+,50-,53+,54+/m1/s1. The van der Waals surface area contributed by atoms with Gasteiger partial charge in [0.2, 0.25) is 0 Å². The van der Waals surface area contributed by atoms with Crippen LogP contribution < -0.4 is 0 Å². The molecule has 2 heterocycles. The van der Waals surface area contributed by atoms with Crippen molar-refractivity contribution in [1.82, 2.24) is 0 Å². The average molecular weight is 895 g/mol. The largest absolute Gasteiger partial charge is 0.459 e. The van der Waals surface area contributed by atoms with Gasteiger partial charge < -0.3 is 47.4 Å². The summed E-state index contributed by atoms with van der Waals surface area (Å²) in [6.45, 7) is 0.508. The summed E-state index contributed by atoms with van der Waals surface area (Å²) in [4.78, 5) is 27.0. The first kappa shape index (κ1) is 46.5. The normalized spacial score (nSPS) is 23.8. The van der Waals surface area contributed by atoms with Gasteiger partial charge in [-0.25, -0.2) is 9.59 Å². The maximum absolute atomic E-state index is 13.8. The van der Waals surface area contributed by atoms with Crippen molar-refractivity contribution in [3.63, 3.8) is 0 Å². The van der Waals surface area contributed by atoms with Crippen LogP contribution >= 0.6 is 0 Å². The van der Waals surface area contributed by atoms with Crippen molar-refractivity contribution in [1.29, 1.82) is 0 Å². The average Bonchev–Trinajstić information content (AvgIpc) is 3.71. The number of hydrogen-bond acceptors (Lipinski definition) is 12. The zero-order valence-electron chi connectivity index (χ0n) is 36.7. The molecule has 0 spiro atoms. The lowest BCUT2D eigenvalue weighted by molar-refractivity contribution is -0.328. The van der Waals surface area contributed by atoms with Gasteiger partial charge in [-0.05, 0) is 46.5 Å². The summed E-state index contributed by atoms with van der Waals surface area (Å²) in [5, 5.41) is 0. The minimum absolute atomic E-state index is 0.109. The number of methoxy groups -OCH3 is 1. The quantitative estimate of drug-likeness (QED) is 0.0643. The Balaban J connectivity index is 1.09. The Morgan fingerprint density at radius 3 is 1.21 bits per heavy atom. The van der Waals surface area contributed by atoms with Crippen LogP contribution in [0, 0.1) is 0 Å². The predicted molar refractivity (Wildman–Crippen MR) is 243 cm³/mol. The number of carbonyl (C=O) groups excluding carboxylic acids is 2. The number of ether oxygens (including phenoxy) is 10. The van der Waals surface area contributed by atoms with E-state index in [1.54, 1.807) is 55.6 Å². The second-order valence-corrected chi connectivity index (χ2v) is 15.9. The van der Waals surface area contributed by atoms with E-state index in [0.29, 0.717) is 11.1 Å². The van der Waals surface area contributed by atoms with E-state index in [2.05, 4.69) is 0 Å². The lowest BCUT2D eigenvalue weighted by Gasteiger charge is -2.45.